The Morgan fingerprint density at radius 2 is 2.21 bits per heavy atom. The maximum atomic E-state index is 9.24. The summed E-state index contributed by atoms with van der Waals surface area (Å²) >= 11 is 0. The zero-order chi connectivity index (χ0) is 9.97. The number of ether oxygens (including phenoxy) is 1. The molecule has 3 heteroatoms. The molecule has 0 saturated heterocycles. The molecule has 0 amide bonds. The van der Waals surface area contributed by atoms with Gasteiger partial charge in [-0.15, -0.1) is 0 Å². The zero-order valence-electron chi connectivity index (χ0n) is 7.90. The minimum atomic E-state index is -0.0355. The molecular formula is C11H11NO2. The Bertz CT molecular complexity index is 454. The molecule has 0 bridgehead atoms. The van der Waals surface area contributed by atoms with Crippen molar-refractivity contribution in [2.45, 2.75) is 6.61 Å². The minimum absolute atomic E-state index is 0.0355. The van der Waals surface area contributed by atoms with Gasteiger partial charge in [-0.1, -0.05) is 6.07 Å². The molecule has 0 saturated carbocycles. The zero-order valence-corrected chi connectivity index (χ0v) is 7.90. The van der Waals surface area contributed by atoms with Gasteiger partial charge in [-0.3, -0.25) is 4.98 Å². The lowest BCUT2D eigenvalue weighted by atomic mass is 10.1. The number of aromatic nitrogens is 1. The van der Waals surface area contributed by atoms with Crippen LogP contribution in [0.4, 0.5) is 0 Å². The van der Waals surface area contributed by atoms with E-state index in [2.05, 4.69) is 4.98 Å². The summed E-state index contributed by atoms with van der Waals surface area (Å²) in [5.74, 6) is 0.702. The van der Waals surface area contributed by atoms with Crippen LogP contribution >= 0.6 is 0 Å². The molecule has 1 heterocycles. The maximum absolute atomic E-state index is 9.24. The van der Waals surface area contributed by atoms with Crippen LogP contribution in [0.1, 0.15) is 5.56 Å². The van der Waals surface area contributed by atoms with Crippen molar-refractivity contribution in [2.24, 2.45) is 0 Å². The van der Waals surface area contributed by atoms with E-state index in [9.17, 15) is 5.11 Å². The highest BCUT2D eigenvalue weighted by molar-refractivity contribution is 5.86. The number of fused-ring (bicyclic) bond motifs is 1. The average molecular weight is 189 g/mol. The van der Waals surface area contributed by atoms with Crippen molar-refractivity contribution in [3.63, 3.8) is 0 Å². The van der Waals surface area contributed by atoms with E-state index in [1.54, 1.807) is 19.5 Å². The lowest BCUT2D eigenvalue weighted by Crippen LogP contribution is -1.93. The van der Waals surface area contributed by atoms with E-state index >= 15 is 0 Å². The molecule has 72 valence electrons. The smallest absolute Gasteiger partial charge is 0.125 e. The average Bonchev–Trinajstić information content (AvgIpc) is 2.27. The summed E-state index contributed by atoms with van der Waals surface area (Å²) in [6.07, 6.45) is 3.47. The van der Waals surface area contributed by atoms with Crippen LogP contribution in [0, 0.1) is 0 Å². The van der Waals surface area contributed by atoms with E-state index in [1.165, 1.54) is 0 Å². The number of methoxy groups -OCH3 is 1. The van der Waals surface area contributed by atoms with Gasteiger partial charge in [0.2, 0.25) is 0 Å². The molecule has 2 rings (SSSR count). The third-order valence-electron chi connectivity index (χ3n) is 2.27. The fourth-order valence-corrected chi connectivity index (χ4v) is 1.56. The lowest BCUT2D eigenvalue weighted by molar-refractivity contribution is 0.275. The van der Waals surface area contributed by atoms with Crippen molar-refractivity contribution >= 4 is 10.8 Å². The number of nitrogens with zero attached hydrogens (tertiary/aromatic N) is 1. The van der Waals surface area contributed by atoms with Crippen molar-refractivity contribution < 1.29 is 9.84 Å². The molecule has 2 aromatic rings. The first-order valence-electron chi connectivity index (χ1n) is 4.37. The second kappa shape index (κ2) is 3.64. The number of benzene rings is 1. The molecule has 0 aliphatic rings. The molecule has 14 heavy (non-hydrogen) atoms. The van der Waals surface area contributed by atoms with E-state index in [4.69, 9.17) is 4.74 Å². The second-order valence-corrected chi connectivity index (χ2v) is 3.00. The van der Waals surface area contributed by atoms with Crippen LogP contribution in [0.5, 0.6) is 5.75 Å². The Labute approximate surface area is 82.0 Å². The first kappa shape index (κ1) is 8.97. The molecule has 1 aromatic carbocycles. The monoisotopic (exact) mass is 189 g/mol. The van der Waals surface area contributed by atoms with Gasteiger partial charge in [0.15, 0.2) is 0 Å². The predicted octanol–water partition coefficient (Wildman–Crippen LogP) is 1.74. The van der Waals surface area contributed by atoms with Gasteiger partial charge in [-0.05, 0) is 17.5 Å². The highest BCUT2D eigenvalue weighted by Gasteiger charge is 2.06. The number of rotatable bonds is 2. The van der Waals surface area contributed by atoms with Crippen LogP contribution in [0.15, 0.2) is 30.6 Å². The van der Waals surface area contributed by atoms with Gasteiger partial charge >= 0.3 is 0 Å². The Kier molecular flexibility index (Phi) is 2.33. The number of hydrogen-bond acceptors (Lipinski definition) is 3. The molecule has 0 unspecified atom stereocenters. The Morgan fingerprint density at radius 3 is 2.93 bits per heavy atom. The molecule has 1 aromatic heterocycles. The lowest BCUT2D eigenvalue weighted by Gasteiger charge is -2.08. The van der Waals surface area contributed by atoms with Gasteiger partial charge in [0, 0.05) is 23.3 Å². The third kappa shape index (κ3) is 1.32. The van der Waals surface area contributed by atoms with E-state index in [1.807, 2.05) is 18.2 Å². The van der Waals surface area contributed by atoms with Gasteiger partial charge in [0.05, 0.1) is 13.7 Å². The fraction of sp³-hybridized carbons (Fsp3) is 0.182. The number of pyridine rings is 1. The number of aliphatic hydroxyl groups is 1. The second-order valence-electron chi connectivity index (χ2n) is 3.00. The SMILES string of the molecule is COc1ccc2ccncc2c1CO. The minimum Gasteiger partial charge on any atom is -0.496 e. The molecule has 0 spiro atoms. The predicted molar refractivity (Wildman–Crippen MR) is 54.2 cm³/mol. The van der Waals surface area contributed by atoms with Crippen LogP contribution < -0.4 is 4.74 Å². The standard InChI is InChI=1S/C11H11NO2/c1-14-11-3-2-8-4-5-12-6-9(8)10(11)7-13/h2-6,13H,7H2,1H3. The van der Waals surface area contributed by atoms with Crippen LogP contribution in [-0.4, -0.2) is 17.2 Å². The topological polar surface area (TPSA) is 42.4 Å². The molecule has 0 aliphatic heterocycles. The first-order valence-corrected chi connectivity index (χ1v) is 4.37. The summed E-state index contributed by atoms with van der Waals surface area (Å²) in [5, 5.41) is 11.2. The van der Waals surface area contributed by atoms with Crippen LogP contribution in [0.2, 0.25) is 0 Å². The van der Waals surface area contributed by atoms with Crippen molar-refractivity contribution in [1.29, 1.82) is 0 Å². The van der Waals surface area contributed by atoms with Gasteiger partial charge in [0.25, 0.3) is 0 Å². The summed E-state index contributed by atoms with van der Waals surface area (Å²) < 4.78 is 5.16. The van der Waals surface area contributed by atoms with Gasteiger partial charge in [0.1, 0.15) is 5.75 Å². The van der Waals surface area contributed by atoms with Crippen LogP contribution in [-0.2, 0) is 6.61 Å². The first-order chi connectivity index (χ1) is 6.86. The Balaban J connectivity index is 2.77. The van der Waals surface area contributed by atoms with Crippen molar-refractivity contribution in [1.82, 2.24) is 4.98 Å². The highest BCUT2D eigenvalue weighted by Crippen LogP contribution is 2.26. The summed E-state index contributed by atoms with van der Waals surface area (Å²) in [4.78, 5) is 4.03. The van der Waals surface area contributed by atoms with E-state index in [-0.39, 0.29) is 6.61 Å². The quantitative estimate of drug-likeness (QED) is 0.782. The molecule has 0 aliphatic carbocycles. The van der Waals surface area contributed by atoms with E-state index < -0.39 is 0 Å². The summed E-state index contributed by atoms with van der Waals surface area (Å²) in [6, 6.07) is 5.72. The third-order valence-corrected chi connectivity index (χ3v) is 2.27. The van der Waals surface area contributed by atoms with Crippen LogP contribution in [0.3, 0.4) is 0 Å². The summed E-state index contributed by atoms with van der Waals surface area (Å²) in [6.45, 7) is -0.0355. The van der Waals surface area contributed by atoms with Crippen molar-refractivity contribution in [2.75, 3.05) is 7.11 Å². The van der Waals surface area contributed by atoms with E-state index in [0.717, 1.165) is 16.3 Å². The van der Waals surface area contributed by atoms with E-state index in [0.29, 0.717) is 5.75 Å². The summed E-state index contributed by atoms with van der Waals surface area (Å²) in [5.41, 5.74) is 0.790. The molecule has 1 N–H and O–H groups in total. The fourth-order valence-electron chi connectivity index (χ4n) is 1.56. The van der Waals surface area contributed by atoms with Gasteiger partial charge < -0.3 is 9.84 Å². The van der Waals surface area contributed by atoms with Crippen molar-refractivity contribution in [3.05, 3.63) is 36.2 Å². The molecular weight excluding hydrogens is 178 g/mol. The maximum Gasteiger partial charge on any atom is 0.125 e. The number of hydrogen-bond donors (Lipinski definition) is 1. The van der Waals surface area contributed by atoms with Crippen LogP contribution in [0.25, 0.3) is 10.8 Å². The molecule has 0 atom stereocenters. The number of aliphatic hydroxyl groups excluding tert-OH is 1. The van der Waals surface area contributed by atoms with Crippen molar-refractivity contribution in [3.8, 4) is 5.75 Å². The highest BCUT2D eigenvalue weighted by atomic mass is 16.5. The molecule has 0 fully saturated rings. The van der Waals surface area contributed by atoms with Gasteiger partial charge in [-0.2, -0.15) is 0 Å². The molecule has 3 nitrogen and oxygen atoms in total. The summed E-state index contributed by atoms with van der Waals surface area (Å²) in [7, 11) is 1.59. The Hall–Kier alpha value is -1.61. The normalized spacial score (nSPS) is 10.4. The van der Waals surface area contributed by atoms with Gasteiger partial charge in [-0.25, -0.2) is 0 Å². The molecule has 0 radical (unpaired) electrons. The Morgan fingerprint density at radius 1 is 1.36 bits per heavy atom. The largest absolute Gasteiger partial charge is 0.496 e.